The molecule has 0 aromatic heterocycles. The monoisotopic (exact) mass is 348 g/mol. The molecule has 1 fully saturated rings. The summed E-state index contributed by atoms with van der Waals surface area (Å²) >= 11 is 0. The maximum Gasteiger partial charge on any atom is 0.195 e. The number of ketones is 1. The highest BCUT2D eigenvalue weighted by molar-refractivity contribution is 6.25. The van der Waals surface area contributed by atoms with E-state index < -0.39 is 11.7 Å². The molecule has 0 spiro atoms. The van der Waals surface area contributed by atoms with Gasteiger partial charge in [-0.15, -0.1) is 0 Å². The van der Waals surface area contributed by atoms with Crippen LogP contribution in [0.2, 0.25) is 0 Å². The number of ether oxygens (including phenoxy) is 1. The lowest BCUT2D eigenvalue weighted by Gasteiger charge is -2.31. The van der Waals surface area contributed by atoms with E-state index in [2.05, 4.69) is 50.2 Å². The van der Waals surface area contributed by atoms with Gasteiger partial charge in [-0.1, -0.05) is 48.9 Å². The van der Waals surface area contributed by atoms with Crippen LogP contribution in [-0.4, -0.2) is 22.6 Å². The minimum absolute atomic E-state index is 0.0896. The van der Waals surface area contributed by atoms with Crippen LogP contribution in [0.1, 0.15) is 43.4 Å². The molecule has 0 saturated carbocycles. The molecule has 1 N–H and O–H groups in total. The first-order chi connectivity index (χ1) is 12.4. The number of carbonyl (C=O) groups is 1. The average Bonchev–Trinajstić information content (AvgIpc) is 3.02. The van der Waals surface area contributed by atoms with Crippen LogP contribution >= 0.6 is 0 Å². The van der Waals surface area contributed by atoms with Gasteiger partial charge in [-0.2, -0.15) is 0 Å². The molecule has 1 saturated heterocycles. The van der Waals surface area contributed by atoms with Crippen molar-refractivity contribution in [3.8, 4) is 11.1 Å². The molecule has 2 heterocycles. The predicted octanol–water partition coefficient (Wildman–Crippen LogP) is 5.01. The highest BCUT2D eigenvalue weighted by Gasteiger charge is 2.50. The molecule has 26 heavy (non-hydrogen) atoms. The molecule has 3 nitrogen and oxygen atoms in total. The number of hydrogen-bond donors (Lipinski definition) is 1. The van der Waals surface area contributed by atoms with Gasteiger partial charge in [-0.3, -0.25) is 4.79 Å². The zero-order valence-corrected chi connectivity index (χ0v) is 15.5. The molecule has 2 aliphatic heterocycles. The number of fused-ring (bicyclic) bond motifs is 2. The number of benzene rings is 2. The fourth-order valence-electron chi connectivity index (χ4n) is 4.04. The summed E-state index contributed by atoms with van der Waals surface area (Å²) in [4.78, 5) is 13.0. The van der Waals surface area contributed by atoms with Gasteiger partial charge in [0, 0.05) is 0 Å². The first-order valence-corrected chi connectivity index (χ1v) is 9.29. The van der Waals surface area contributed by atoms with Gasteiger partial charge < -0.3 is 9.84 Å². The van der Waals surface area contributed by atoms with E-state index in [1.165, 1.54) is 5.56 Å². The molecule has 134 valence electrons. The Labute approximate surface area is 154 Å². The van der Waals surface area contributed by atoms with Gasteiger partial charge in [0.2, 0.25) is 0 Å². The van der Waals surface area contributed by atoms with E-state index in [1.54, 1.807) is 0 Å². The van der Waals surface area contributed by atoms with Crippen molar-refractivity contribution in [3.05, 3.63) is 64.9 Å². The lowest BCUT2D eigenvalue weighted by atomic mass is 9.86. The smallest absolute Gasteiger partial charge is 0.195 e. The van der Waals surface area contributed by atoms with E-state index in [4.69, 9.17) is 4.74 Å². The number of aryl methyl sites for hydroxylation is 2. The van der Waals surface area contributed by atoms with E-state index in [1.807, 2.05) is 13.0 Å². The Morgan fingerprint density at radius 2 is 1.85 bits per heavy atom. The summed E-state index contributed by atoms with van der Waals surface area (Å²) in [6.07, 6.45) is 1.72. The second-order valence-corrected chi connectivity index (χ2v) is 7.56. The number of carbonyl (C=O) groups excluding carboxylic acids is 1. The zero-order chi connectivity index (χ0) is 18.5. The van der Waals surface area contributed by atoms with Gasteiger partial charge in [-0.25, -0.2) is 0 Å². The third-order valence-electron chi connectivity index (χ3n) is 5.71. The maximum absolute atomic E-state index is 13.0. The molecular weight excluding hydrogens is 324 g/mol. The Morgan fingerprint density at radius 1 is 1.15 bits per heavy atom. The van der Waals surface area contributed by atoms with Crippen molar-refractivity contribution in [1.82, 2.24) is 0 Å². The normalized spacial score (nSPS) is 25.0. The third-order valence-corrected chi connectivity index (χ3v) is 5.71. The summed E-state index contributed by atoms with van der Waals surface area (Å²) in [6, 6.07) is 14.5. The van der Waals surface area contributed by atoms with Crippen molar-refractivity contribution in [2.75, 3.05) is 0 Å². The summed E-state index contributed by atoms with van der Waals surface area (Å²) in [6.45, 7) is 6.02. The Kier molecular flexibility index (Phi) is 4.00. The second kappa shape index (κ2) is 6.10. The van der Waals surface area contributed by atoms with Crippen LogP contribution in [0.3, 0.4) is 0 Å². The summed E-state index contributed by atoms with van der Waals surface area (Å²) in [7, 11) is 0. The minimum Gasteiger partial charge on any atom is -0.508 e. The van der Waals surface area contributed by atoms with E-state index >= 15 is 0 Å². The fraction of sp³-hybridized carbons (Fsp3) is 0.348. The topological polar surface area (TPSA) is 46.5 Å². The van der Waals surface area contributed by atoms with Crippen LogP contribution in [0, 0.1) is 6.92 Å². The van der Waals surface area contributed by atoms with Gasteiger partial charge in [0.15, 0.2) is 5.78 Å². The highest BCUT2D eigenvalue weighted by atomic mass is 16.5. The number of hydrogen-bond acceptors (Lipinski definition) is 3. The Morgan fingerprint density at radius 3 is 2.54 bits per heavy atom. The first-order valence-electron chi connectivity index (χ1n) is 9.29. The summed E-state index contributed by atoms with van der Waals surface area (Å²) in [5.74, 6) is 0.000220. The highest BCUT2D eigenvalue weighted by Crippen LogP contribution is 2.45. The van der Waals surface area contributed by atoms with E-state index in [0.717, 1.165) is 28.7 Å². The van der Waals surface area contributed by atoms with Crippen LogP contribution in [-0.2, 0) is 16.0 Å². The molecule has 3 heteroatoms. The van der Waals surface area contributed by atoms with Crippen molar-refractivity contribution in [2.45, 2.75) is 51.7 Å². The maximum atomic E-state index is 13.0. The SMILES string of the molecule is CCc1ccc(-c2ccc(C)cc2)cc1C1=C(O)[C@@]2(C)CC[C@H](O2)C1=O. The van der Waals surface area contributed by atoms with Crippen LogP contribution < -0.4 is 0 Å². The Hall–Kier alpha value is -2.39. The molecule has 4 rings (SSSR count). The molecular formula is C23H24O3. The van der Waals surface area contributed by atoms with Crippen LogP contribution in [0.15, 0.2) is 48.2 Å². The van der Waals surface area contributed by atoms with Gasteiger partial charge >= 0.3 is 0 Å². The third kappa shape index (κ3) is 2.58. The molecule has 0 aliphatic carbocycles. The van der Waals surface area contributed by atoms with Gasteiger partial charge in [0.1, 0.15) is 17.5 Å². The van der Waals surface area contributed by atoms with Crippen molar-refractivity contribution in [1.29, 1.82) is 0 Å². The van der Waals surface area contributed by atoms with Gasteiger partial charge in [0.05, 0.1) is 5.57 Å². The summed E-state index contributed by atoms with van der Waals surface area (Å²) in [5, 5.41) is 10.9. The largest absolute Gasteiger partial charge is 0.508 e. The number of aliphatic hydroxyl groups excluding tert-OH is 1. The van der Waals surface area contributed by atoms with Crippen molar-refractivity contribution < 1.29 is 14.6 Å². The molecule has 2 bridgehead atoms. The molecule has 0 unspecified atom stereocenters. The lowest BCUT2D eigenvalue weighted by Crippen LogP contribution is -2.37. The van der Waals surface area contributed by atoms with E-state index in [9.17, 15) is 9.90 Å². The van der Waals surface area contributed by atoms with Crippen LogP contribution in [0.4, 0.5) is 0 Å². The van der Waals surface area contributed by atoms with Crippen LogP contribution in [0.25, 0.3) is 16.7 Å². The van der Waals surface area contributed by atoms with Crippen molar-refractivity contribution >= 4 is 11.4 Å². The summed E-state index contributed by atoms with van der Waals surface area (Å²) in [5.41, 5.74) is 4.99. The van der Waals surface area contributed by atoms with E-state index in [-0.39, 0.29) is 11.5 Å². The van der Waals surface area contributed by atoms with Crippen molar-refractivity contribution in [3.63, 3.8) is 0 Å². The fourth-order valence-corrected chi connectivity index (χ4v) is 4.04. The molecule has 2 aromatic rings. The first kappa shape index (κ1) is 17.0. The standard InChI is InChI=1S/C23H24O3/c1-4-15-9-10-17(16-7-5-14(2)6-8-16)13-18(15)20-21(24)19-11-12-23(3,26-19)22(20)25/h5-10,13,19,25H,4,11-12H2,1-3H3/t19-,23+/m0/s1. The second-order valence-electron chi connectivity index (χ2n) is 7.56. The Balaban J connectivity index is 1.89. The number of aliphatic hydroxyl groups is 1. The summed E-state index contributed by atoms with van der Waals surface area (Å²) < 4.78 is 5.81. The van der Waals surface area contributed by atoms with Gasteiger partial charge in [-0.05, 0) is 61.4 Å². The van der Waals surface area contributed by atoms with E-state index in [0.29, 0.717) is 18.4 Å². The molecule has 2 aromatic carbocycles. The Bertz CT molecular complexity index is 908. The van der Waals surface area contributed by atoms with Gasteiger partial charge in [0.25, 0.3) is 0 Å². The predicted molar refractivity (Wildman–Crippen MR) is 103 cm³/mol. The number of rotatable bonds is 3. The minimum atomic E-state index is -0.737. The quantitative estimate of drug-likeness (QED) is 0.848. The molecule has 0 radical (unpaired) electrons. The number of Topliss-reactive ketones (excluding diaryl/α,β-unsaturated/α-hetero) is 1. The molecule has 0 amide bonds. The van der Waals surface area contributed by atoms with Crippen molar-refractivity contribution in [2.24, 2.45) is 0 Å². The lowest BCUT2D eigenvalue weighted by molar-refractivity contribution is -0.130. The molecule has 2 atom stereocenters. The average molecular weight is 348 g/mol. The van der Waals surface area contributed by atoms with Crippen LogP contribution in [0.5, 0.6) is 0 Å². The molecule has 2 aliphatic rings. The zero-order valence-electron chi connectivity index (χ0n) is 15.5.